The van der Waals surface area contributed by atoms with E-state index in [0.717, 1.165) is 65.7 Å². The summed E-state index contributed by atoms with van der Waals surface area (Å²) < 4.78 is 2.36. The summed E-state index contributed by atoms with van der Waals surface area (Å²) in [5.74, 6) is 1.41. The largest absolute Gasteiger partial charge is 0.387 e. The zero-order valence-electron chi connectivity index (χ0n) is 21.8. The van der Waals surface area contributed by atoms with Crippen LogP contribution in [-0.4, -0.2) is 65.5 Å². The number of aromatic nitrogens is 4. The van der Waals surface area contributed by atoms with Crippen molar-refractivity contribution in [2.45, 2.75) is 52.5 Å². The fraction of sp³-hybridized carbons (Fsp3) is 0.500. The lowest BCUT2D eigenvalue weighted by atomic mass is 10.1. The van der Waals surface area contributed by atoms with Crippen LogP contribution < -0.4 is 15.5 Å². The highest BCUT2D eigenvalue weighted by molar-refractivity contribution is 6.04. The predicted molar refractivity (Wildman–Crippen MR) is 147 cm³/mol. The second kappa shape index (κ2) is 9.53. The maximum Gasteiger partial charge on any atom is 0.230 e. The van der Waals surface area contributed by atoms with E-state index in [0.29, 0.717) is 12.0 Å². The Labute approximate surface area is 209 Å². The average molecular weight is 472 g/mol. The second-order valence-corrected chi connectivity index (χ2v) is 10.1. The molecule has 0 radical (unpaired) electrons. The maximum atomic E-state index is 4.99. The maximum absolute atomic E-state index is 4.99. The van der Waals surface area contributed by atoms with Gasteiger partial charge in [-0.05, 0) is 50.8 Å². The van der Waals surface area contributed by atoms with E-state index in [1.54, 1.807) is 0 Å². The first-order chi connectivity index (χ1) is 16.9. The number of aryl methyl sites for hydroxylation is 1. The van der Waals surface area contributed by atoms with E-state index in [-0.39, 0.29) is 0 Å². The minimum Gasteiger partial charge on any atom is -0.387 e. The van der Waals surface area contributed by atoms with Crippen LogP contribution >= 0.6 is 0 Å². The number of pyridine rings is 1. The van der Waals surface area contributed by atoms with Gasteiger partial charge >= 0.3 is 0 Å². The molecule has 1 aliphatic carbocycles. The van der Waals surface area contributed by atoms with Gasteiger partial charge in [0, 0.05) is 50.9 Å². The molecule has 0 spiro atoms. The van der Waals surface area contributed by atoms with Gasteiger partial charge in [0.2, 0.25) is 5.95 Å². The average Bonchev–Trinajstić information content (AvgIpc) is 3.50. The molecule has 0 atom stereocenters. The molecule has 35 heavy (non-hydrogen) atoms. The number of nitrogens with one attached hydrogen (secondary N) is 2. The molecule has 3 aromatic rings. The van der Waals surface area contributed by atoms with Crippen LogP contribution in [0.1, 0.15) is 54.2 Å². The minimum absolute atomic E-state index is 0.447. The van der Waals surface area contributed by atoms with Crippen molar-refractivity contribution in [1.82, 2.24) is 29.6 Å². The molecule has 8 nitrogen and oxygen atoms in total. The van der Waals surface area contributed by atoms with Gasteiger partial charge in [-0.25, -0.2) is 9.97 Å². The normalized spacial score (nSPS) is 17.3. The number of rotatable bonds is 6. The van der Waals surface area contributed by atoms with Crippen molar-refractivity contribution >= 4 is 42.2 Å². The number of hydrogen-bond acceptors (Lipinski definition) is 7. The highest BCUT2D eigenvalue weighted by Crippen LogP contribution is 2.36. The third-order valence-corrected chi connectivity index (χ3v) is 7.82. The summed E-state index contributed by atoms with van der Waals surface area (Å²) in [5.41, 5.74) is 7.69. The van der Waals surface area contributed by atoms with E-state index >= 15 is 0 Å². The lowest BCUT2D eigenvalue weighted by Gasteiger charge is -2.36. The zero-order chi connectivity index (χ0) is 24.7. The summed E-state index contributed by atoms with van der Waals surface area (Å²) in [4.78, 5) is 19.5. The molecule has 0 bridgehead atoms. The van der Waals surface area contributed by atoms with Crippen LogP contribution in [0.3, 0.4) is 0 Å². The molecule has 1 aliphatic heterocycles. The van der Waals surface area contributed by atoms with Crippen LogP contribution in [0.2, 0.25) is 0 Å². The zero-order valence-corrected chi connectivity index (χ0v) is 21.8. The van der Waals surface area contributed by atoms with Crippen molar-refractivity contribution in [2.75, 3.05) is 43.4 Å². The molecule has 184 valence electrons. The summed E-state index contributed by atoms with van der Waals surface area (Å²) in [6.07, 6.45) is 6.78. The Morgan fingerprint density at radius 1 is 1.06 bits per heavy atom. The van der Waals surface area contributed by atoms with Crippen LogP contribution in [0.15, 0.2) is 18.8 Å². The van der Waals surface area contributed by atoms with Gasteiger partial charge < -0.3 is 24.9 Å². The van der Waals surface area contributed by atoms with Crippen molar-refractivity contribution in [3.05, 3.63) is 41.4 Å². The first kappa shape index (κ1) is 23.7. The van der Waals surface area contributed by atoms with Crippen molar-refractivity contribution in [2.24, 2.45) is 0 Å². The van der Waals surface area contributed by atoms with E-state index in [1.165, 1.54) is 36.9 Å². The lowest BCUT2D eigenvalue weighted by molar-refractivity contribution is 0.414. The Hall–Kier alpha value is -3.07. The Morgan fingerprint density at radius 3 is 2.46 bits per heavy atom. The molecule has 0 unspecified atom stereocenters. The smallest absolute Gasteiger partial charge is 0.230 e. The van der Waals surface area contributed by atoms with E-state index in [1.807, 2.05) is 13.2 Å². The van der Waals surface area contributed by atoms with Crippen LogP contribution in [0.4, 0.5) is 17.5 Å². The number of hydrogen-bond donors (Lipinski definition) is 2. The molecular weight excluding hydrogens is 435 g/mol. The molecule has 0 amide bonds. The molecule has 5 rings (SSSR count). The van der Waals surface area contributed by atoms with Crippen molar-refractivity contribution < 1.29 is 0 Å². The first-order valence-corrected chi connectivity index (χ1v) is 12.8. The van der Waals surface area contributed by atoms with Crippen LogP contribution in [0.25, 0.3) is 16.7 Å². The van der Waals surface area contributed by atoms with E-state index < -0.39 is 0 Å². The summed E-state index contributed by atoms with van der Waals surface area (Å²) in [6, 6.07) is 2.60. The van der Waals surface area contributed by atoms with Gasteiger partial charge in [-0.2, -0.15) is 4.98 Å². The number of anilines is 3. The molecule has 2 aliphatic rings. The third kappa shape index (κ3) is 4.38. The van der Waals surface area contributed by atoms with E-state index in [4.69, 9.17) is 9.97 Å². The molecule has 1 saturated carbocycles. The SMILES string of the molecule is BN1CCN(c2c(C)nc(Nc3ncc4cc(C(=C)NC)n(C5CCCC5)c4n3)c(C)c2C)CC1. The van der Waals surface area contributed by atoms with Gasteiger partial charge in [0.1, 0.15) is 11.5 Å². The van der Waals surface area contributed by atoms with Gasteiger partial charge in [-0.15, -0.1) is 0 Å². The van der Waals surface area contributed by atoms with Gasteiger partial charge in [0.05, 0.1) is 22.8 Å². The summed E-state index contributed by atoms with van der Waals surface area (Å²) >= 11 is 0. The highest BCUT2D eigenvalue weighted by atomic mass is 15.2. The summed E-state index contributed by atoms with van der Waals surface area (Å²) in [7, 11) is 4.10. The number of fused-ring (bicyclic) bond motifs is 1. The minimum atomic E-state index is 0.447. The van der Waals surface area contributed by atoms with Gasteiger partial charge in [0.25, 0.3) is 0 Å². The van der Waals surface area contributed by atoms with E-state index in [9.17, 15) is 0 Å². The monoisotopic (exact) mass is 472 g/mol. The van der Waals surface area contributed by atoms with Crippen molar-refractivity contribution in [3.63, 3.8) is 0 Å². The Balaban J connectivity index is 1.50. The fourth-order valence-corrected chi connectivity index (χ4v) is 5.62. The third-order valence-electron chi connectivity index (χ3n) is 7.82. The molecule has 0 aromatic carbocycles. The Morgan fingerprint density at radius 2 is 1.77 bits per heavy atom. The lowest BCUT2D eigenvalue weighted by Crippen LogP contribution is -2.45. The topological polar surface area (TPSA) is 74.1 Å². The Bertz CT molecular complexity index is 1250. The first-order valence-electron chi connectivity index (χ1n) is 12.8. The molecule has 4 heterocycles. The molecule has 9 heteroatoms. The molecule has 1 saturated heterocycles. The highest BCUT2D eigenvalue weighted by Gasteiger charge is 2.25. The second-order valence-electron chi connectivity index (χ2n) is 10.1. The van der Waals surface area contributed by atoms with Crippen LogP contribution in [0, 0.1) is 20.8 Å². The predicted octanol–water partition coefficient (Wildman–Crippen LogP) is 3.47. The van der Waals surface area contributed by atoms with Crippen LogP contribution in [0.5, 0.6) is 0 Å². The molecule has 2 N–H and O–H groups in total. The van der Waals surface area contributed by atoms with Crippen molar-refractivity contribution in [3.8, 4) is 0 Å². The van der Waals surface area contributed by atoms with Gasteiger partial charge in [0.15, 0.2) is 7.98 Å². The standard InChI is InChI=1S/C26H37BN8/c1-16-17(2)24(30-19(4)23(16)33-10-12-34(27)13-11-33)31-26-29-15-20-14-22(18(3)28-5)35(25(20)32-26)21-8-6-7-9-21/h14-15,21,28H,3,6-13,27H2,1-2,4-5H3,(H,29,30,31,32). The number of nitrogens with zero attached hydrogens (tertiary/aromatic N) is 6. The summed E-state index contributed by atoms with van der Waals surface area (Å²) in [5, 5.41) is 7.70. The van der Waals surface area contributed by atoms with Gasteiger partial charge in [-0.1, -0.05) is 19.4 Å². The molecular formula is C26H37BN8. The van der Waals surface area contributed by atoms with Gasteiger partial charge in [-0.3, -0.25) is 0 Å². The molecule has 2 fully saturated rings. The number of piperazine rings is 1. The van der Waals surface area contributed by atoms with Crippen LogP contribution in [-0.2, 0) is 0 Å². The fourth-order valence-electron chi connectivity index (χ4n) is 5.62. The summed E-state index contributed by atoms with van der Waals surface area (Å²) in [6.45, 7) is 14.9. The van der Waals surface area contributed by atoms with E-state index in [2.05, 4.69) is 71.3 Å². The Kier molecular flexibility index (Phi) is 6.44. The van der Waals surface area contributed by atoms with Crippen molar-refractivity contribution in [1.29, 1.82) is 0 Å². The molecule has 3 aromatic heterocycles. The quantitative estimate of drug-likeness (QED) is 0.533.